The van der Waals surface area contributed by atoms with Gasteiger partial charge < -0.3 is 5.32 Å². The quantitative estimate of drug-likeness (QED) is 0.746. The van der Waals surface area contributed by atoms with Crippen LogP contribution in [0, 0.1) is 22.7 Å². The summed E-state index contributed by atoms with van der Waals surface area (Å²) in [4.78, 5) is 10.5. The van der Waals surface area contributed by atoms with Gasteiger partial charge in [0.15, 0.2) is 11.5 Å². The minimum atomic E-state index is -0.425. The Bertz CT molecular complexity index is 495. The van der Waals surface area contributed by atoms with Crippen molar-refractivity contribution in [3.8, 4) is 12.1 Å². The van der Waals surface area contributed by atoms with Crippen molar-refractivity contribution in [2.24, 2.45) is 0 Å². The molecular formula is C10H11N5O. The molecule has 0 fully saturated rings. The van der Waals surface area contributed by atoms with E-state index >= 15 is 0 Å². The number of nitrogens with one attached hydrogen (secondary N) is 1. The second-order valence-corrected chi connectivity index (χ2v) is 4.14. The molecule has 0 aliphatic rings. The number of hydrogen-bond donors (Lipinski definition) is 1. The van der Waals surface area contributed by atoms with Gasteiger partial charge in [-0.3, -0.25) is 4.79 Å². The summed E-state index contributed by atoms with van der Waals surface area (Å²) < 4.78 is 1.46. The lowest BCUT2D eigenvalue weighted by atomic mass is 10.1. The number of nitriles is 2. The number of carbonyl (C=O) groups is 1. The summed E-state index contributed by atoms with van der Waals surface area (Å²) in [6, 6.07) is 3.69. The fourth-order valence-corrected chi connectivity index (χ4v) is 1.28. The van der Waals surface area contributed by atoms with Gasteiger partial charge in [-0.1, -0.05) is 0 Å². The molecule has 0 bridgehead atoms. The number of aromatic nitrogens is 2. The van der Waals surface area contributed by atoms with Crippen molar-refractivity contribution >= 4 is 12.2 Å². The van der Waals surface area contributed by atoms with Crippen LogP contribution < -0.4 is 5.32 Å². The van der Waals surface area contributed by atoms with Crippen LogP contribution in [0.1, 0.15) is 32.0 Å². The lowest BCUT2D eigenvalue weighted by Gasteiger charge is -2.21. The highest BCUT2D eigenvalue weighted by atomic mass is 16.1. The van der Waals surface area contributed by atoms with Crippen LogP contribution in [0.25, 0.3) is 0 Å². The number of nitrogens with zero attached hydrogens (tertiary/aromatic N) is 4. The molecule has 1 amide bonds. The minimum absolute atomic E-state index is 0.0155. The Morgan fingerprint density at radius 3 is 2.38 bits per heavy atom. The fraction of sp³-hybridized carbons (Fsp3) is 0.400. The van der Waals surface area contributed by atoms with E-state index in [9.17, 15) is 4.79 Å². The smallest absolute Gasteiger partial charge is 0.212 e. The zero-order valence-electron chi connectivity index (χ0n) is 9.27. The van der Waals surface area contributed by atoms with E-state index in [1.165, 1.54) is 4.68 Å². The largest absolute Gasteiger partial charge is 0.312 e. The molecule has 82 valence electrons. The van der Waals surface area contributed by atoms with E-state index in [0.29, 0.717) is 6.41 Å². The van der Waals surface area contributed by atoms with Crippen molar-refractivity contribution < 1.29 is 4.79 Å². The number of anilines is 1. The van der Waals surface area contributed by atoms with Crippen molar-refractivity contribution in [1.82, 2.24) is 9.78 Å². The highest BCUT2D eigenvalue weighted by Crippen LogP contribution is 2.25. The maximum Gasteiger partial charge on any atom is 0.212 e. The van der Waals surface area contributed by atoms with E-state index in [0.717, 1.165) is 0 Å². The molecule has 6 nitrogen and oxygen atoms in total. The Morgan fingerprint density at radius 2 is 2.00 bits per heavy atom. The number of hydrogen-bond acceptors (Lipinski definition) is 4. The molecule has 0 saturated heterocycles. The molecule has 0 atom stereocenters. The maximum atomic E-state index is 10.5. The Balaban J connectivity index is 3.52. The second-order valence-electron chi connectivity index (χ2n) is 4.14. The van der Waals surface area contributed by atoms with Crippen LogP contribution in [0.3, 0.4) is 0 Å². The first-order valence-corrected chi connectivity index (χ1v) is 4.59. The highest BCUT2D eigenvalue weighted by molar-refractivity contribution is 5.74. The van der Waals surface area contributed by atoms with Crippen molar-refractivity contribution in [1.29, 1.82) is 10.5 Å². The first-order valence-electron chi connectivity index (χ1n) is 4.59. The third-order valence-corrected chi connectivity index (χ3v) is 1.93. The Hall–Kier alpha value is -2.34. The van der Waals surface area contributed by atoms with Crippen LogP contribution in [0.15, 0.2) is 0 Å². The molecule has 1 heterocycles. The molecule has 0 aliphatic carbocycles. The molecule has 0 spiro atoms. The zero-order valence-corrected chi connectivity index (χ0v) is 9.27. The third kappa shape index (κ3) is 1.86. The zero-order chi connectivity index (χ0) is 12.3. The van der Waals surface area contributed by atoms with Crippen LogP contribution in [-0.4, -0.2) is 16.2 Å². The summed E-state index contributed by atoms with van der Waals surface area (Å²) in [5.41, 5.74) is -0.322. The molecule has 1 N–H and O–H groups in total. The van der Waals surface area contributed by atoms with Gasteiger partial charge in [0, 0.05) is 0 Å². The Morgan fingerprint density at radius 1 is 1.38 bits per heavy atom. The molecule has 1 aromatic rings. The normalized spacial score (nSPS) is 10.3. The van der Waals surface area contributed by atoms with Gasteiger partial charge in [-0.2, -0.15) is 15.6 Å². The Labute approximate surface area is 93.1 Å². The van der Waals surface area contributed by atoms with Gasteiger partial charge in [0.25, 0.3) is 0 Å². The van der Waals surface area contributed by atoms with Gasteiger partial charge >= 0.3 is 0 Å². The summed E-state index contributed by atoms with van der Waals surface area (Å²) in [7, 11) is 0. The number of carbonyl (C=O) groups excluding carboxylic acids is 1. The van der Waals surface area contributed by atoms with Crippen molar-refractivity contribution in [2.45, 2.75) is 26.3 Å². The average Bonchev–Trinajstić information content (AvgIpc) is 2.56. The van der Waals surface area contributed by atoms with Gasteiger partial charge in [0.05, 0.1) is 5.54 Å². The van der Waals surface area contributed by atoms with Crippen molar-refractivity contribution in [3.63, 3.8) is 0 Å². The Kier molecular flexibility index (Phi) is 2.96. The van der Waals surface area contributed by atoms with Crippen LogP contribution in [0.4, 0.5) is 5.82 Å². The van der Waals surface area contributed by atoms with Crippen molar-refractivity contribution in [2.75, 3.05) is 5.32 Å². The van der Waals surface area contributed by atoms with E-state index in [1.54, 1.807) is 0 Å². The standard InChI is InChI=1S/C10H11N5O/c1-10(2,3)15-9(13-6-16)7(4-11)8(5-12)14-15/h6H,1-3H3,(H,13,16). The predicted octanol–water partition coefficient (Wildman–Crippen LogP) is 0.950. The molecular weight excluding hydrogens is 206 g/mol. The summed E-state index contributed by atoms with van der Waals surface area (Å²) in [5, 5.41) is 24.2. The van der Waals surface area contributed by atoms with Gasteiger partial charge in [-0.15, -0.1) is 0 Å². The van der Waals surface area contributed by atoms with E-state index in [4.69, 9.17) is 10.5 Å². The molecule has 0 aliphatic heterocycles. The van der Waals surface area contributed by atoms with E-state index in [1.807, 2.05) is 32.9 Å². The first kappa shape index (κ1) is 11.7. The molecule has 6 heteroatoms. The summed E-state index contributed by atoms with van der Waals surface area (Å²) in [6.45, 7) is 5.58. The average molecular weight is 217 g/mol. The number of amides is 1. The van der Waals surface area contributed by atoms with E-state index < -0.39 is 5.54 Å². The summed E-state index contributed by atoms with van der Waals surface area (Å²) in [5.74, 6) is 0.251. The third-order valence-electron chi connectivity index (χ3n) is 1.93. The molecule has 0 saturated carbocycles. The van der Waals surface area contributed by atoms with Crippen molar-refractivity contribution in [3.05, 3.63) is 11.3 Å². The SMILES string of the molecule is CC(C)(C)n1nc(C#N)c(C#N)c1NC=O. The molecule has 0 unspecified atom stereocenters. The van der Waals surface area contributed by atoms with Gasteiger partial charge in [-0.25, -0.2) is 4.68 Å². The van der Waals surface area contributed by atoms with Crippen LogP contribution in [0.2, 0.25) is 0 Å². The monoisotopic (exact) mass is 217 g/mol. The molecule has 16 heavy (non-hydrogen) atoms. The van der Waals surface area contributed by atoms with Crippen LogP contribution in [-0.2, 0) is 10.3 Å². The summed E-state index contributed by atoms with van der Waals surface area (Å²) >= 11 is 0. The van der Waals surface area contributed by atoms with Gasteiger partial charge in [0.1, 0.15) is 17.7 Å². The fourth-order valence-electron chi connectivity index (χ4n) is 1.28. The van der Waals surface area contributed by atoms with Gasteiger partial charge in [-0.05, 0) is 20.8 Å². The maximum absolute atomic E-state index is 10.5. The molecule has 1 rings (SSSR count). The lowest BCUT2D eigenvalue weighted by molar-refractivity contribution is -0.105. The predicted molar refractivity (Wildman–Crippen MR) is 56.3 cm³/mol. The van der Waals surface area contributed by atoms with E-state index in [-0.39, 0.29) is 17.1 Å². The summed E-state index contributed by atoms with van der Waals surface area (Å²) in [6.07, 6.45) is 0.460. The van der Waals surface area contributed by atoms with Crippen LogP contribution in [0.5, 0.6) is 0 Å². The highest BCUT2D eigenvalue weighted by Gasteiger charge is 2.24. The topological polar surface area (TPSA) is 94.5 Å². The second kappa shape index (κ2) is 4.03. The van der Waals surface area contributed by atoms with E-state index in [2.05, 4.69) is 10.4 Å². The number of rotatable bonds is 2. The van der Waals surface area contributed by atoms with Crippen LogP contribution >= 0.6 is 0 Å². The lowest BCUT2D eigenvalue weighted by Crippen LogP contribution is -2.25. The molecule has 0 aromatic carbocycles. The molecule has 1 aromatic heterocycles. The molecule has 0 radical (unpaired) electrons. The minimum Gasteiger partial charge on any atom is -0.312 e. The van der Waals surface area contributed by atoms with Gasteiger partial charge in [0.2, 0.25) is 6.41 Å². The first-order chi connectivity index (χ1) is 7.45.